The van der Waals surface area contributed by atoms with Crippen molar-refractivity contribution < 1.29 is 0 Å². The van der Waals surface area contributed by atoms with E-state index in [4.69, 9.17) is 0 Å². The Morgan fingerprint density at radius 1 is 0.769 bits per heavy atom. The van der Waals surface area contributed by atoms with Gasteiger partial charge in [0.1, 0.15) is 0 Å². The van der Waals surface area contributed by atoms with Crippen LogP contribution in [0.4, 0.5) is 0 Å². The molecule has 0 heterocycles. The summed E-state index contributed by atoms with van der Waals surface area (Å²) in [6.45, 7) is 0. The minimum Gasteiger partial charge on any atom is -0.175 e. The lowest BCUT2D eigenvalue weighted by Gasteiger charge is -2.21. The Morgan fingerprint density at radius 2 is 1.23 bits per heavy atom. The number of hydrogen-bond acceptors (Lipinski definition) is 3. The molecule has 13 heavy (non-hydrogen) atoms. The normalized spacial score (nSPS) is 45.7. The van der Waals surface area contributed by atoms with E-state index in [1.807, 2.05) is 0 Å². The summed E-state index contributed by atoms with van der Waals surface area (Å²) in [6, 6.07) is 0. The summed E-state index contributed by atoms with van der Waals surface area (Å²) in [5, 5.41) is 2.96. The number of thiol groups is 2. The molecule has 2 fully saturated rings. The first kappa shape index (κ1) is 10.6. The Balaban J connectivity index is 1.82. The van der Waals surface area contributed by atoms with E-state index in [2.05, 4.69) is 37.0 Å². The van der Waals surface area contributed by atoms with Gasteiger partial charge in [-0.2, -0.15) is 37.0 Å². The van der Waals surface area contributed by atoms with Gasteiger partial charge in [0.15, 0.2) is 0 Å². The molecule has 0 aromatic rings. The molecular weight excluding hydrogens is 216 g/mol. The van der Waals surface area contributed by atoms with Crippen LogP contribution in [0, 0.1) is 0 Å². The SMILES string of the molecule is SC1CCCC1SC1CCCC1S. The third-order valence-electron chi connectivity index (χ3n) is 3.18. The molecule has 0 aliphatic heterocycles. The Morgan fingerprint density at radius 3 is 1.54 bits per heavy atom. The second-order valence-corrected chi connectivity index (χ2v) is 7.02. The zero-order valence-electron chi connectivity index (χ0n) is 7.85. The smallest absolute Gasteiger partial charge is 0.0167 e. The summed E-state index contributed by atoms with van der Waals surface area (Å²) in [7, 11) is 0. The number of hydrogen-bond donors (Lipinski definition) is 2. The summed E-state index contributed by atoms with van der Waals surface area (Å²) >= 11 is 11.5. The molecule has 0 bridgehead atoms. The minimum absolute atomic E-state index is 0.658. The lowest BCUT2D eigenvalue weighted by Crippen LogP contribution is -2.18. The van der Waals surface area contributed by atoms with Crippen LogP contribution in [0.3, 0.4) is 0 Å². The highest BCUT2D eigenvalue weighted by Gasteiger charge is 2.32. The highest BCUT2D eigenvalue weighted by atomic mass is 32.2. The van der Waals surface area contributed by atoms with Gasteiger partial charge in [-0.05, 0) is 25.7 Å². The Bertz CT molecular complexity index is 154. The van der Waals surface area contributed by atoms with E-state index in [0.717, 1.165) is 10.5 Å². The van der Waals surface area contributed by atoms with E-state index in [0.29, 0.717) is 10.5 Å². The third kappa shape index (κ3) is 2.54. The van der Waals surface area contributed by atoms with E-state index >= 15 is 0 Å². The van der Waals surface area contributed by atoms with Crippen LogP contribution in [0.15, 0.2) is 0 Å². The van der Waals surface area contributed by atoms with Crippen molar-refractivity contribution in [2.45, 2.75) is 59.5 Å². The highest BCUT2D eigenvalue weighted by Crippen LogP contribution is 2.42. The molecule has 0 radical (unpaired) electrons. The van der Waals surface area contributed by atoms with Crippen LogP contribution in [-0.4, -0.2) is 21.0 Å². The molecule has 0 N–H and O–H groups in total. The number of rotatable bonds is 2. The fourth-order valence-corrected chi connectivity index (χ4v) is 5.13. The molecule has 76 valence electrons. The summed E-state index contributed by atoms with van der Waals surface area (Å²) < 4.78 is 0. The van der Waals surface area contributed by atoms with Crippen molar-refractivity contribution in [2.24, 2.45) is 0 Å². The van der Waals surface area contributed by atoms with E-state index in [1.54, 1.807) is 0 Å². The van der Waals surface area contributed by atoms with Gasteiger partial charge in [-0.25, -0.2) is 0 Å². The first-order valence-electron chi connectivity index (χ1n) is 5.29. The quantitative estimate of drug-likeness (QED) is 0.690. The van der Waals surface area contributed by atoms with Crippen molar-refractivity contribution in [3.63, 3.8) is 0 Å². The second-order valence-electron chi connectivity index (χ2n) is 4.21. The molecule has 0 aromatic heterocycles. The maximum Gasteiger partial charge on any atom is 0.0167 e. The van der Waals surface area contributed by atoms with Gasteiger partial charge < -0.3 is 0 Å². The molecule has 0 nitrogen and oxygen atoms in total. The molecule has 4 atom stereocenters. The van der Waals surface area contributed by atoms with Gasteiger partial charge >= 0.3 is 0 Å². The first-order valence-corrected chi connectivity index (χ1v) is 7.26. The van der Waals surface area contributed by atoms with E-state index in [1.165, 1.54) is 38.5 Å². The maximum absolute atomic E-state index is 4.64. The summed E-state index contributed by atoms with van der Waals surface area (Å²) in [6.07, 6.45) is 8.19. The summed E-state index contributed by atoms with van der Waals surface area (Å²) in [5.41, 5.74) is 0. The molecule has 4 unspecified atom stereocenters. The number of thioether (sulfide) groups is 1. The largest absolute Gasteiger partial charge is 0.175 e. The Hall–Kier alpha value is 1.05. The molecule has 2 saturated carbocycles. The molecular formula is C10H18S3. The molecule has 0 aromatic carbocycles. The lowest BCUT2D eigenvalue weighted by atomic mass is 10.3. The van der Waals surface area contributed by atoms with E-state index < -0.39 is 0 Å². The van der Waals surface area contributed by atoms with Crippen LogP contribution >= 0.6 is 37.0 Å². The standard InChI is InChI=1S/C10H18S3/c11-7-3-1-5-9(7)13-10-6-2-4-8(10)12/h7-12H,1-6H2. The molecule has 0 spiro atoms. The summed E-state index contributed by atoms with van der Waals surface area (Å²) in [4.78, 5) is 0. The van der Waals surface area contributed by atoms with Gasteiger partial charge in [0.05, 0.1) is 0 Å². The molecule has 2 rings (SSSR count). The zero-order valence-corrected chi connectivity index (χ0v) is 10.5. The monoisotopic (exact) mass is 234 g/mol. The van der Waals surface area contributed by atoms with E-state index in [9.17, 15) is 0 Å². The molecule has 0 saturated heterocycles. The molecule has 3 heteroatoms. The predicted octanol–water partition coefficient (Wildman–Crippen LogP) is 3.42. The van der Waals surface area contributed by atoms with Crippen molar-refractivity contribution in [3.05, 3.63) is 0 Å². The molecule has 2 aliphatic carbocycles. The predicted molar refractivity (Wildman–Crippen MR) is 68.4 cm³/mol. The first-order chi connectivity index (χ1) is 6.27. The van der Waals surface area contributed by atoms with Crippen LogP contribution in [0.5, 0.6) is 0 Å². The minimum atomic E-state index is 0.658. The molecule has 2 aliphatic rings. The second kappa shape index (κ2) is 4.71. The van der Waals surface area contributed by atoms with Gasteiger partial charge in [0, 0.05) is 21.0 Å². The van der Waals surface area contributed by atoms with Crippen molar-refractivity contribution in [1.29, 1.82) is 0 Å². The topological polar surface area (TPSA) is 0 Å². The van der Waals surface area contributed by atoms with Crippen molar-refractivity contribution >= 4 is 37.0 Å². The third-order valence-corrected chi connectivity index (χ3v) is 6.65. The van der Waals surface area contributed by atoms with Crippen molar-refractivity contribution in [2.75, 3.05) is 0 Å². The zero-order chi connectivity index (χ0) is 9.26. The average Bonchev–Trinajstić information content (AvgIpc) is 2.65. The van der Waals surface area contributed by atoms with E-state index in [-0.39, 0.29) is 0 Å². The Kier molecular flexibility index (Phi) is 3.83. The van der Waals surface area contributed by atoms with Crippen molar-refractivity contribution in [1.82, 2.24) is 0 Å². The fraction of sp³-hybridized carbons (Fsp3) is 1.00. The average molecular weight is 234 g/mol. The van der Waals surface area contributed by atoms with Crippen LogP contribution in [-0.2, 0) is 0 Å². The Labute approximate surface area is 96.4 Å². The van der Waals surface area contributed by atoms with Gasteiger partial charge in [-0.1, -0.05) is 12.8 Å². The van der Waals surface area contributed by atoms with Gasteiger partial charge in [0.25, 0.3) is 0 Å². The molecule has 0 amide bonds. The van der Waals surface area contributed by atoms with Gasteiger partial charge in [-0.3, -0.25) is 0 Å². The van der Waals surface area contributed by atoms with Crippen LogP contribution in [0.2, 0.25) is 0 Å². The fourth-order valence-electron chi connectivity index (χ4n) is 2.35. The van der Waals surface area contributed by atoms with Gasteiger partial charge in [0.2, 0.25) is 0 Å². The van der Waals surface area contributed by atoms with Crippen LogP contribution in [0.25, 0.3) is 0 Å². The summed E-state index contributed by atoms with van der Waals surface area (Å²) in [5.74, 6) is 0. The maximum atomic E-state index is 4.64. The lowest BCUT2D eigenvalue weighted by molar-refractivity contribution is 0.870. The van der Waals surface area contributed by atoms with Crippen LogP contribution in [0.1, 0.15) is 38.5 Å². The van der Waals surface area contributed by atoms with Crippen molar-refractivity contribution in [3.8, 4) is 0 Å². The highest BCUT2D eigenvalue weighted by molar-refractivity contribution is 8.02. The van der Waals surface area contributed by atoms with Gasteiger partial charge in [-0.15, -0.1) is 0 Å². The van der Waals surface area contributed by atoms with Crippen LogP contribution < -0.4 is 0 Å².